The molecule has 0 atom stereocenters. The molecule has 0 aliphatic carbocycles. The van der Waals surface area contributed by atoms with Crippen LogP contribution in [0.25, 0.3) is 0 Å². The van der Waals surface area contributed by atoms with Crippen molar-refractivity contribution in [1.29, 1.82) is 0 Å². The fourth-order valence-electron chi connectivity index (χ4n) is 1.84. The normalized spacial score (nSPS) is 12.1. The molecule has 5 nitrogen and oxygen atoms in total. The zero-order valence-corrected chi connectivity index (χ0v) is 13.9. The Bertz CT molecular complexity index is 490. The van der Waals surface area contributed by atoms with E-state index in [1.165, 1.54) is 7.05 Å². The first-order valence-corrected chi connectivity index (χ1v) is 7.66. The molecule has 0 radical (unpaired) electrons. The molecular weight excluding hydrogens is 323 g/mol. The summed E-state index contributed by atoms with van der Waals surface area (Å²) in [5.74, 6) is 1.15. The van der Waals surface area contributed by atoms with E-state index in [1.54, 1.807) is 7.11 Å². The number of guanidine groups is 1. The Morgan fingerprint density at radius 2 is 1.79 bits per heavy atom. The van der Waals surface area contributed by atoms with Crippen molar-refractivity contribution in [2.45, 2.75) is 25.6 Å². The quantitative estimate of drug-likeness (QED) is 0.410. The Hall–Kier alpha value is -1.96. The van der Waals surface area contributed by atoms with E-state index in [0.717, 1.165) is 17.7 Å². The lowest BCUT2D eigenvalue weighted by Crippen LogP contribution is -2.39. The Morgan fingerprint density at radius 3 is 2.38 bits per heavy atom. The summed E-state index contributed by atoms with van der Waals surface area (Å²) < 4.78 is 46.8. The molecule has 0 amide bonds. The summed E-state index contributed by atoms with van der Waals surface area (Å²) in [6.45, 7) is 1.41. The lowest BCUT2D eigenvalue weighted by molar-refractivity contribution is -0.132. The summed E-state index contributed by atoms with van der Waals surface area (Å²) in [7, 11) is 3.13. The number of nitrogens with one attached hydrogen (secondary N) is 2. The Kier molecular flexibility index (Phi) is 8.99. The molecule has 1 aromatic carbocycles. The molecule has 0 saturated carbocycles. The number of ether oxygens (including phenoxy) is 2. The van der Waals surface area contributed by atoms with Crippen LogP contribution in [0.2, 0.25) is 0 Å². The topological polar surface area (TPSA) is 54.9 Å². The SMILES string of the molecule is CN=C(NCCCOCc1ccc(OC)cc1)NCCC(F)(F)F. The van der Waals surface area contributed by atoms with E-state index in [9.17, 15) is 13.2 Å². The zero-order chi connectivity index (χ0) is 17.8. The summed E-state index contributed by atoms with van der Waals surface area (Å²) >= 11 is 0. The second kappa shape index (κ2) is 10.7. The molecule has 0 bridgehead atoms. The van der Waals surface area contributed by atoms with Gasteiger partial charge >= 0.3 is 6.18 Å². The maximum Gasteiger partial charge on any atom is 0.390 e. The van der Waals surface area contributed by atoms with Crippen LogP contribution in [0.3, 0.4) is 0 Å². The average molecular weight is 347 g/mol. The first-order valence-electron chi connectivity index (χ1n) is 7.66. The van der Waals surface area contributed by atoms with Gasteiger partial charge in [-0.3, -0.25) is 4.99 Å². The molecule has 0 spiro atoms. The lowest BCUT2D eigenvalue weighted by atomic mass is 10.2. The van der Waals surface area contributed by atoms with Crippen LogP contribution < -0.4 is 15.4 Å². The second-order valence-electron chi connectivity index (χ2n) is 5.05. The number of halogens is 3. The average Bonchev–Trinajstić information content (AvgIpc) is 2.55. The molecule has 0 aliphatic rings. The zero-order valence-electron chi connectivity index (χ0n) is 13.9. The fraction of sp³-hybridized carbons (Fsp3) is 0.562. The van der Waals surface area contributed by atoms with E-state index < -0.39 is 12.6 Å². The highest BCUT2D eigenvalue weighted by Crippen LogP contribution is 2.18. The van der Waals surface area contributed by atoms with E-state index in [-0.39, 0.29) is 6.54 Å². The van der Waals surface area contributed by atoms with Gasteiger partial charge in [-0.05, 0) is 24.1 Å². The smallest absolute Gasteiger partial charge is 0.390 e. The highest BCUT2D eigenvalue weighted by Gasteiger charge is 2.26. The molecule has 136 valence electrons. The minimum absolute atomic E-state index is 0.197. The minimum atomic E-state index is -4.17. The fourth-order valence-corrected chi connectivity index (χ4v) is 1.84. The minimum Gasteiger partial charge on any atom is -0.497 e. The van der Waals surface area contributed by atoms with Gasteiger partial charge < -0.3 is 20.1 Å². The number of hydrogen-bond acceptors (Lipinski definition) is 3. The summed E-state index contributed by atoms with van der Waals surface area (Å²) in [6.07, 6.45) is -4.34. The van der Waals surface area contributed by atoms with Crippen LogP contribution in [0.4, 0.5) is 13.2 Å². The number of nitrogens with zero attached hydrogens (tertiary/aromatic N) is 1. The van der Waals surface area contributed by atoms with Crippen LogP contribution in [0.1, 0.15) is 18.4 Å². The van der Waals surface area contributed by atoms with Gasteiger partial charge in [-0.2, -0.15) is 13.2 Å². The van der Waals surface area contributed by atoms with Crippen LogP contribution >= 0.6 is 0 Å². The highest BCUT2D eigenvalue weighted by molar-refractivity contribution is 5.79. The third kappa shape index (κ3) is 9.24. The highest BCUT2D eigenvalue weighted by atomic mass is 19.4. The standard InChI is InChI=1S/C16H24F3N3O2/c1-20-15(22-10-8-16(17,18)19)21-9-3-11-24-12-13-4-6-14(23-2)7-5-13/h4-7H,3,8-12H2,1-2H3,(H2,20,21,22). The summed E-state index contributed by atoms with van der Waals surface area (Å²) in [5, 5.41) is 5.56. The number of alkyl halides is 3. The second-order valence-corrected chi connectivity index (χ2v) is 5.05. The molecule has 1 aromatic rings. The summed E-state index contributed by atoms with van der Waals surface area (Å²) in [6, 6.07) is 7.61. The molecule has 2 N–H and O–H groups in total. The van der Waals surface area contributed by atoms with Crippen LogP contribution in [0.15, 0.2) is 29.3 Å². The van der Waals surface area contributed by atoms with Crippen LogP contribution in [0.5, 0.6) is 5.75 Å². The maximum atomic E-state index is 12.1. The molecule has 24 heavy (non-hydrogen) atoms. The van der Waals surface area contributed by atoms with Gasteiger partial charge in [0.1, 0.15) is 5.75 Å². The van der Waals surface area contributed by atoms with E-state index in [4.69, 9.17) is 9.47 Å². The summed E-state index contributed by atoms with van der Waals surface area (Å²) in [4.78, 5) is 3.86. The molecule has 1 rings (SSSR count). The number of rotatable bonds is 9. The molecule has 0 fully saturated rings. The molecule has 0 unspecified atom stereocenters. The van der Waals surface area contributed by atoms with Crippen molar-refractivity contribution < 1.29 is 22.6 Å². The van der Waals surface area contributed by atoms with Crippen molar-refractivity contribution in [3.8, 4) is 5.75 Å². The maximum absolute atomic E-state index is 12.1. The van der Waals surface area contributed by atoms with Crippen molar-refractivity contribution in [2.24, 2.45) is 4.99 Å². The van der Waals surface area contributed by atoms with Crippen LogP contribution in [0, 0.1) is 0 Å². The third-order valence-corrected chi connectivity index (χ3v) is 3.11. The van der Waals surface area contributed by atoms with Gasteiger partial charge in [0.05, 0.1) is 20.1 Å². The molecule has 0 saturated heterocycles. The van der Waals surface area contributed by atoms with Gasteiger partial charge in [0.15, 0.2) is 5.96 Å². The van der Waals surface area contributed by atoms with Crippen LogP contribution in [-0.2, 0) is 11.3 Å². The molecule has 8 heteroatoms. The third-order valence-electron chi connectivity index (χ3n) is 3.11. The van der Waals surface area contributed by atoms with E-state index >= 15 is 0 Å². The first kappa shape index (κ1) is 20.1. The first-order chi connectivity index (χ1) is 11.4. The predicted molar refractivity (Wildman–Crippen MR) is 87.3 cm³/mol. The van der Waals surface area contributed by atoms with Gasteiger partial charge in [0.25, 0.3) is 0 Å². The molecule has 0 aliphatic heterocycles. The van der Waals surface area contributed by atoms with Crippen LogP contribution in [-0.4, -0.2) is 46.0 Å². The Labute approximate surface area is 140 Å². The van der Waals surface area contributed by atoms with E-state index in [1.807, 2.05) is 24.3 Å². The Balaban J connectivity index is 2.09. The molecule has 0 heterocycles. The van der Waals surface area contributed by atoms with Crippen molar-refractivity contribution in [3.63, 3.8) is 0 Å². The largest absolute Gasteiger partial charge is 0.497 e. The van der Waals surface area contributed by atoms with Gasteiger partial charge in [-0.15, -0.1) is 0 Å². The monoisotopic (exact) mass is 347 g/mol. The molecule has 0 aromatic heterocycles. The van der Waals surface area contributed by atoms with E-state index in [0.29, 0.717) is 25.7 Å². The predicted octanol–water partition coefficient (Wildman–Crippen LogP) is 2.72. The van der Waals surface area contributed by atoms with Gasteiger partial charge in [-0.25, -0.2) is 0 Å². The molecular formula is C16H24F3N3O2. The number of methoxy groups -OCH3 is 1. The van der Waals surface area contributed by atoms with E-state index in [2.05, 4.69) is 15.6 Å². The van der Waals surface area contributed by atoms with Gasteiger partial charge in [0, 0.05) is 26.7 Å². The number of hydrogen-bond donors (Lipinski definition) is 2. The van der Waals surface area contributed by atoms with Crippen molar-refractivity contribution in [1.82, 2.24) is 10.6 Å². The summed E-state index contributed by atoms with van der Waals surface area (Å²) in [5.41, 5.74) is 1.05. The van der Waals surface area contributed by atoms with Gasteiger partial charge in [-0.1, -0.05) is 12.1 Å². The van der Waals surface area contributed by atoms with Crippen molar-refractivity contribution >= 4 is 5.96 Å². The lowest BCUT2D eigenvalue weighted by Gasteiger charge is -2.13. The van der Waals surface area contributed by atoms with Gasteiger partial charge in [0.2, 0.25) is 0 Å². The Morgan fingerprint density at radius 1 is 1.12 bits per heavy atom. The number of aliphatic imine (C=N–C) groups is 1. The van der Waals surface area contributed by atoms with Crippen molar-refractivity contribution in [3.05, 3.63) is 29.8 Å². The number of benzene rings is 1. The van der Waals surface area contributed by atoms with Crippen molar-refractivity contribution in [2.75, 3.05) is 33.9 Å².